The minimum Gasteiger partial charge on any atom is -0.322 e. The maximum absolute atomic E-state index is 13.2. The molecule has 4 aliphatic carbocycles. The molecule has 1 heterocycles. The number of allylic oxidation sites excluding steroid dienone is 2. The summed E-state index contributed by atoms with van der Waals surface area (Å²) in [5.41, 5.74) is 3.87. The van der Waals surface area contributed by atoms with Gasteiger partial charge in [0.05, 0.1) is 17.5 Å². The smallest absolute Gasteiger partial charge is 0.255 e. The Labute approximate surface area is 195 Å². The molecule has 1 aliphatic heterocycles. The number of hydrogen-bond donors (Lipinski definition) is 1. The Bertz CT molecular complexity index is 1180. The number of benzene rings is 2. The summed E-state index contributed by atoms with van der Waals surface area (Å²) in [6, 6.07) is 10.6. The number of carbonyl (C=O) groups is 3. The standard InChI is InChI=1S/C26H23BrN2O3/c1-12-13(2)21(10-9-20(12)27)28-24(30)14-3-5-15(6-4-14)29-25(31)22-16-7-8-17(19-11-18(16)19)23(22)26(29)32/h3-10,16-19,22-23H,11H2,1-2H3,(H,28,30)/t16-,17-,18-,19-,22+,23+/m0/s1. The second-order valence-electron chi connectivity index (χ2n) is 9.51. The largest absolute Gasteiger partial charge is 0.322 e. The molecule has 5 nitrogen and oxygen atoms in total. The van der Waals surface area contributed by atoms with Gasteiger partial charge in [-0.3, -0.25) is 19.3 Å². The van der Waals surface area contributed by atoms with Crippen molar-refractivity contribution in [3.63, 3.8) is 0 Å². The summed E-state index contributed by atoms with van der Waals surface area (Å²) in [4.78, 5) is 40.6. The number of anilines is 2. The average Bonchev–Trinajstić information content (AvgIpc) is 3.58. The van der Waals surface area contributed by atoms with Crippen molar-refractivity contribution in [1.29, 1.82) is 0 Å². The first kappa shape index (κ1) is 19.9. The number of nitrogens with one attached hydrogen (secondary N) is 1. The summed E-state index contributed by atoms with van der Waals surface area (Å²) in [5.74, 6) is 0.764. The molecule has 32 heavy (non-hydrogen) atoms. The van der Waals surface area contributed by atoms with E-state index in [9.17, 15) is 14.4 Å². The van der Waals surface area contributed by atoms with Gasteiger partial charge in [-0.25, -0.2) is 0 Å². The lowest BCUT2D eigenvalue weighted by atomic mass is 9.63. The van der Waals surface area contributed by atoms with E-state index < -0.39 is 0 Å². The molecule has 3 amide bonds. The van der Waals surface area contributed by atoms with Gasteiger partial charge in [0.2, 0.25) is 11.8 Å². The van der Waals surface area contributed by atoms with E-state index in [1.165, 1.54) is 4.90 Å². The molecule has 3 fully saturated rings. The van der Waals surface area contributed by atoms with E-state index in [1.54, 1.807) is 24.3 Å². The highest BCUT2D eigenvalue weighted by Crippen LogP contribution is 2.65. The summed E-state index contributed by atoms with van der Waals surface area (Å²) in [6.07, 6.45) is 5.50. The molecular weight excluding hydrogens is 468 g/mol. The predicted molar refractivity (Wildman–Crippen MR) is 125 cm³/mol. The second-order valence-corrected chi connectivity index (χ2v) is 10.4. The zero-order chi connectivity index (χ0) is 22.3. The lowest BCUT2D eigenvalue weighted by Crippen LogP contribution is -2.40. The number of imide groups is 1. The first-order valence-corrected chi connectivity index (χ1v) is 11.9. The lowest BCUT2D eigenvalue weighted by molar-refractivity contribution is -0.124. The van der Waals surface area contributed by atoms with E-state index in [1.807, 2.05) is 26.0 Å². The van der Waals surface area contributed by atoms with Crippen molar-refractivity contribution in [2.75, 3.05) is 10.2 Å². The van der Waals surface area contributed by atoms with E-state index in [-0.39, 0.29) is 41.4 Å². The minimum absolute atomic E-state index is 0.0807. The molecule has 2 saturated carbocycles. The third-order valence-electron chi connectivity index (χ3n) is 8.02. The Balaban J connectivity index is 1.23. The SMILES string of the molecule is Cc1c(Br)ccc(NC(=O)c2ccc(N3C(=O)[C@@H]4[C@H]5C=C[C@@H]([C@@H]6C[C@@H]56)[C@H]4C3=O)cc2)c1C. The van der Waals surface area contributed by atoms with Crippen molar-refractivity contribution >= 4 is 45.0 Å². The van der Waals surface area contributed by atoms with Crippen LogP contribution in [0.5, 0.6) is 0 Å². The Morgan fingerprint density at radius 2 is 1.50 bits per heavy atom. The van der Waals surface area contributed by atoms with Crippen LogP contribution in [0.25, 0.3) is 0 Å². The molecule has 0 radical (unpaired) electrons. The molecule has 2 aromatic carbocycles. The predicted octanol–water partition coefficient (Wildman–Crippen LogP) is 4.88. The zero-order valence-electron chi connectivity index (χ0n) is 17.8. The number of carbonyl (C=O) groups excluding carboxylic acids is 3. The summed E-state index contributed by atoms with van der Waals surface area (Å²) in [7, 11) is 0. The van der Waals surface area contributed by atoms with Crippen LogP contribution < -0.4 is 10.2 Å². The van der Waals surface area contributed by atoms with Gasteiger partial charge in [-0.2, -0.15) is 0 Å². The summed E-state index contributed by atoms with van der Waals surface area (Å²) < 4.78 is 0.999. The van der Waals surface area contributed by atoms with E-state index >= 15 is 0 Å². The number of halogens is 1. The fourth-order valence-corrected chi connectivity index (χ4v) is 6.52. The Kier molecular flexibility index (Phi) is 4.28. The van der Waals surface area contributed by atoms with Crippen LogP contribution in [0, 0.1) is 49.4 Å². The Hall–Kier alpha value is -2.73. The molecule has 6 atom stereocenters. The second kappa shape index (κ2) is 6.88. The van der Waals surface area contributed by atoms with Gasteiger partial charge in [0.15, 0.2) is 0 Å². The molecular formula is C26H23BrN2O3. The van der Waals surface area contributed by atoms with E-state index in [0.29, 0.717) is 23.1 Å². The van der Waals surface area contributed by atoms with Crippen LogP contribution in [0.3, 0.4) is 0 Å². The average molecular weight is 491 g/mol. The lowest BCUT2D eigenvalue weighted by Gasteiger charge is -2.37. The van der Waals surface area contributed by atoms with Gasteiger partial charge in [-0.15, -0.1) is 0 Å². The fourth-order valence-electron chi connectivity index (χ4n) is 6.09. The molecule has 5 aliphatic rings. The van der Waals surface area contributed by atoms with Crippen LogP contribution in [0.2, 0.25) is 0 Å². The Morgan fingerprint density at radius 3 is 2.09 bits per heavy atom. The highest BCUT2D eigenvalue weighted by atomic mass is 79.9. The van der Waals surface area contributed by atoms with Crippen molar-refractivity contribution in [2.24, 2.45) is 35.5 Å². The van der Waals surface area contributed by atoms with Crippen molar-refractivity contribution in [1.82, 2.24) is 0 Å². The molecule has 0 aromatic heterocycles. The van der Waals surface area contributed by atoms with E-state index in [4.69, 9.17) is 0 Å². The van der Waals surface area contributed by atoms with Gasteiger partial charge < -0.3 is 5.32 Å². The molecule has 0 spiro atoms. The van der Waals surface area contributed by atoms with E-state index in [0.717, 1.165) is 27.7 Å². The van der Waals surface area contributed by atoms with Gasteiger partial charge >= 0.3 is 0 Å². The summed E-state index contributed by atoms with van der Waals surface area (Å²) in [5, 5.41) is 2.96. The zero-order valence-corrected chi connectivity index (χ0v) is 19.4. The number of nitrogens with zero attached hydrogens (tertiary/aromatic N) is 1. The maximum Gasteiger partial charge on any atom is 0.255 e. The van der Waals surface area contributed by atoms with Gasteiger partial charge in [-0.05, 0) is 91.5 Å². The first-order valence-electron chi connectivity index (χ1n) is 11.1. The number of rotatable bonds is 3. The van der Waals surface area contributed by atoms with Crippen molar-refractivity contribution in [3.8, 4) is 0 Å². The molecule has 162 valence electrons. The van der Waals surface area contributed by atoms with Gasteiger partial charge in [0.25, 0.3) is 5.91 Å². The summed E-state index contributed by atoms with van der Waals surface area (Å²) >= 11 is 3.50. The normalized spacial score (nSPS) is 31.5. The van der Waals surface area contributed by atoms with Crippen LogP contribution in [0.1, 0.15) is 27.9 Å². The van der Waals surface area contributed by atoms with Crippen molar-refractivity contribution in [3.05, 3.63) is 69.7 Å². The molecule has 2 aromatic rings. The van der Waals surface area contributed by atoms with Crippen LogP contribution >= 0.6 is 15.9 Å². The number of amides is 3. The highest BCUT2D eigenvalue weighted by Gasteiger charge is 2.67. The van der Waals surface area contributed by atoms with Gasteiger partial charge in [-0.1, -0.05) is 28.1 Å². The van der Waals surface area contributed by atoms with Gasteiger partial charge in [0.1, 0.15) is 0 Å². The van der Waals surface area contributed by atoms with Crippen LogP contribution in [-0.4, -0.2) is 17.7 Å². The topological polar surface area (TPSA) is 66.5 Å². The highest BCUT2D eigenvalue weighted by molar-refractivity contribution is 9.10. The maximum atomic E-state index is 13.2. The Morgan fingerprint density at radius 1 is 0.906 bits per heavy atom. The van der Waals surface area contributed by atoms with Crippen LogP contribution in [0.15, 0.2) is 53.0 Å². The van der Waals surface area contributed by atoms with Crippen molar-refractivity contribution in [2.45, 2.75) is 20.3 Å². The molecule has 2 bridgehead atoms. The third-order valence-corrected chi connectivity index (χ3v) is 8.88. The van der Waals surface area contributed by atoms with Gasteiger partial charge in [0, 0.05) is 15.7 Å². The molecule has 7 rings (SSSR count). The molecule has 6 heteroatoms. The summed E-state index contributed by atoms with van der Waals surface area (Å²) in [6.45, 7) is 3.96. The quantitative estimate of drug-likeness (QED) is 0.492. The van der Waals surface area contributed by atoms with E-state index in [2.05, 4.69) is 33.4 Å². The third kappa shape index (κ3) is 2.71. The van der Waals surface area contributed by atoms with Crippen molar-refractivity contribution < 1.29 is 14.4 Å². The molecule has 1 saturated heterocycles. The van der Waals surface area contributed by atoms with Crippen LogP contribution in [-0.2, 0) is 9.59 Å². The fraction of sp³-hybridized carbons (Fsp3) is 0.346. The van der Waals surface area contributed by atoms with Crippen LogP contribution in [0.4, 0.5) is 11.4 Å². The number of hydrogen-bond acceptors (Lipinski definition) is 3. The minimum atomic E-state index is -0.226. The molecule has 1 N–H and O–H groups in total. The molecule has 0 unspecified atom stereocenters. The monoisotopic (exact) mass is 490 g/mol. The first-order chi connectivity index (χ1) is 15.4.